The fraction of sp³-hybridized carbons (Fsp3) is 0.312. The molecule has 3 N–H and O–H groups in total. The number of anilines is 1. The number of carboxylic acid groups (broad SMARTS) is 1. The molecule has 0 saturated heterocycles. The molecule has 0 heterocycles. The zero-order valence-corrected chi connectivity index (χ0v) is 15.1. The highest BCUT2D eigenvalue weighted by Gasteiger charge is 2.30. The Morgan fingerprint density at radius 3 is 2.58 bits per heavy atom. The Bertz CT molecular complexity index is 716. The first kappa shape index (κ1) is 18.5. The van der Waals surface area contributed by atoms with Crippen LogP contribution in [0, 0.1) is 5.92 Å². The monoisotopic (exact) mass is 414 g/mol. The third-order valence-electron chi connectivity index (χ3n) is 3.61. The van der Waals surface area contributed by atoms with Crippen LogP contribution in [0.3, 0.4) is 0 Å². The van der Waals surface area contributed by atoms with Crippen molar-refractivity contribution >= 4 is 51.0 Å². The fourth-order valence-electron chi connectivity index (χ4n) is 2.19. The van der Waals surface area contributed by atoms with Crippen LogP contribution in [0.4, 0.5) is 5.69 Å². The number of halogens is 2. The van der Waals surface area contributed by atoms with E-state index in [1.165, 1.54) is 6.07 Å². The highest BCUT2D eigenvalue weighted by atomic mass is 79.9. The third-order valence-corrected chi connectivity index (χ3v) is 4.46. The lowest BCUT2D eigenvalue weighted by atomic mass is 10.1. The molecule has 0 radical (unpaired) electrons. The zero-order chi connectivity index (χ0) is 17.9. The van der Waals surface area contributed by atoms with Crippen molar-refractivity contribution in [3.8, 4) is 0 Å². The highest BCUT2D eigenvalue weighted by Crippen LogP contribution is 2.34. The number of carbonyl (C=O) groups is 3. The quantitative estimate of drug-likeness (QED) is 0.622. The van der Waals surface area contributed by atoms with Crippen molar-refractivity contribution < 1.29 is 19.5 Å². The van der Waals surface area contributed by atoms with Gasteiger partial charge in [0.15, 0.2) is 0 Å². The molecule has 2 amide bonds. The fourth-order valence-corrected chi connectivity index (χ4v) is 3.10. The van der Waals surface area contributed by atoms with Crippen molar-refractivity contribution in [1.29, 1.82) is 0 Å². The molecule has 1 fully saturated rings. The molecule has 1 saturated carbocycles. The molecule has 24 heavy (non-hydrogen) atoms. The Kier molecular flexibility index (Phi) is 6.01. The Morgan fingerprint density at radius 2 is 2.00 bits per heavy atom. The predicted molar refractivity (Wildman–Crippen MR) is 94.2 cm³/mol. The second-order valence-corrected chi connectivity index (χ2v) is 6.86. The summed E-state index contributed by atoms with van der Waals surface area (Å²) < 4.78 is 0.427. The molecule has 0 spiro atoms. The van der Waals surface area contributed by atoms with Gasteiger partial charge in [0.05, 0.1) is 11.3 Å². The lowest BCUT2D eigenvalue weighted by Gasteiger charge is -2.16. The largest absolute Gasteiger partial charge is 0.478 e. The number of benzene rings is 1. The molecular weight excluding hydrogens is 400 g/mol. The van der Waals surface area contributed by atoms with Crippen LogP contribution in [-0.2, 0) is 9.59 Å². The van der Waals surface area contributed by atoms with Gasteiger partial charge in [-0.3, -0.25) is 9.59 Å². The van der Waals surface area contributed by atoms with Gasteiger partial charge in [0.25, 0.3) is 5.91 Å². The van der Waals surface area contributed by atoms with Crippen molar-refractivity contribution in [1.82, 2.24) is 5.32 Å². The topological polar surface area (TPSA) is 95.5 Å². The van der Waals surface area contributed by atoms with Gasteiger partial charge in [-0.25, -0.2) is 4.79 Å². The first-order valence-electron chi connectivity index (χ1n) is 7.30. The minimum absolute atomic E-state index is 0.0331. The van der Waals surface area contributed by atoms with Crippen molar-refractivity contribution in [2.75, 3.05) is 5.32 Å². The summed E-state index contributed by atoms with van der Waals surface area (Å²) in [5, 5.41) is 14.3. The average molecular weight is 416 g/mol. The first-order chi connectivity index (χ1) is 11.3. The first-order valence-corrected chi connectivity index (χ1v) is 8.47. The van der Waals surface area contributed by atoms with E-state index in [1.54, 1.807) is 6.07 Å². The molecule has 2 rings (SSSR count). The maximum Gasteiger partial charge on any atom is 0.328 e. The number of rotatable bonds is 6. The molecule has 1 aromatic carbocycles. The van der Waals surface area contributed by atoms with Crippen LogP contribution in [0.25, 0.3) is 0 Å². The lowest BCUT2D eigenvalue weighted by Crippen LogP contribution is -2.34. The van der Waals surface area contributed by atoms with Gasteiger partial charge >= 0.3 is 5.97 Å². The third kappa shape index (κ3) is 5.07. The van der Waals surface area contributed by atoms with E-state index in [-0.39, 0.29) is 23.2 Å². The number of hydrogen-bond acceptors (Lipinski definition) is 3. The summed E-state index contributed by atoms with van der Waals surface area (Å²) in [5.74, 6) is -1.77. The van der Waals surface area contributed by atoms with E-state index in [4.69, 9.17) is 16.7 Å². The Hall–Kier alpha value is -1.86. The van der Waals surface area contributed by atoms with Gasteiger partial charge in [0.1, 0.15) is 0 Å². The standard InChI is InChI=1S/C16H16BrClN2O4/c1-8(9-2-3-9)19-16(24)11-6-10(18)7-12(17)15(11)20-13(21)4-5-14(22)23/h4-9H,2-3H2,1H3,(H,19,24)(H,20,21)(H,22,23)/b5-4-. The minimum Gasteiger partial charge on any atom is -0.478 e. The van der Waals surface area contributed by atoms with E-state index in [9.17, 15) is 14.4 Å². The molecule has 1 aliphatic carbocycles. The molecule has 1 aliphatic rings. The molecule has 1 aromatic rings. The number of nitrogens with one attached hydrogen (secondary N) is 2. The highest BCUT2D eigenvalue weighted by molar-refractivity contribution is 9.10. The number of hydrogen-bond donors (Lipinski definition) is 3. The summed E-state index contributed by atoms with van der Waals surface area (Å²) in [6.45, 7) is 1.93. The van der Waals surface area contributed by atoms with E-state index < -0.39 is 11.9 Å². The van der Waals surface area contributed by atoms with E-state index in [2.05, 4.69) is 26.6 Å². The second kappa shape index (κ2) is 7.81. The van der Waals surface area contributed by atoms with Crippen LogP contribution >= 0.6 is 27.5 Å². The average Bonchev–Trinajstić information content (AvgIpc) is 3.32. The molecule has 8 heteroatoms. The van der Waals surface area contributed by atoms with Crippen LogP contribution in [-0.4, -0.2) is 28.9 Å². The van der Waals surface area contributed by atoms with E-state index in [1.807, 2.05) is 6.92 Å². The maximum atomic E-state index is 12.5. The van der Waals surface area contributed by atoms with Gasteiger partial charge in [0, 0.05) is 27.7 Å². The van der Waals surface area contributed by atoms with Crippen molar-refractivity contribution in [2.24, 2.45) is 5.92 Å². The zero-order valence-electron chi connectivity index (χ0n) is 12.8. The van der Waals surface area contributed by atoms with E-state index in [0.29, 0.717) is 21.5 Å². The van der Waals surface area contributed by atoms with E-state index >= 15 is 0 Å². The Balaban J connectivity index is 2.24. The number of amides is 2. The summed E-state index contributed by atoms with van der Waals surface area (Å²) in [5.41, 5.74) is 0.443. The molecule has 0 aromatic heterocycles. The summed E-state index contributed by atoms with van der Waals surface area (Å²) >= 11 is 9.27. The molecule has 6 nitrogen and oxygen atoms in total. The van der Waals surface area contributed by atoms with Crippen LogP contribution in [0.1, 0.15) is 30.1 Å². The Labute approximate surface area is 152 Å². The smallest absolute Gasteiger partial charge is 0.328 e. The number of carboxylic acids is 1. The summed E-state index contributed by atoms with van der Waals surface area (Å²) in [6.07, 6.45) is 3.76. The minimum atomic E-state index is -1.24. The van der Waals surface area contributed by atoms with Gasteiger partial charge in [-0.1, -0.05) is 11.6 Å². The normalized spacial score (nSPS) is 15.1. The van der Waals surface area contributed by atoms with Crippen molar-refractivity contribution in [2.45, 2.75) is 25.8 Å². The van der Waals surface area contributed by atoms with Gasteiger partial charge in [0.2, 0.25) is 5.91 Å². The lowest BCUT2D eigenvalue weighted by molar-refractivity contribution is -0.131. The van der Waals surface area contributed by atoms with Crippen molar-refractivity contribution in [3.63, 3.8) is 0 Å². The Morgan fingerprint density at radius 1 is 1.33 bits per heavy atom. The molecule has 1 atom stereocenters. The molecule has 0 bridgehead atoms. The SMILES string of the molecule is CC(NC(=O)c1cc(Cl)cc(Br)c1NC(=O)/C=C\C(=O)O)C1CC1. The predicted octanol–water partition coefficient (Wildman–Crippen LogP) is 3.21. The molecule has 0 aliphatic heterocycles. The van der Waals surface area contributed by atoms with Crippen LogP contribution in [0.5, 0.6) is 0 Å². The second-order valence-electron chi connectivity index (χ2n) is 5.57. The van der Waals surface area contributed by atoms with Gasteiger partial charge in [-0.15, -0.1) is 0 Å². The van der Waals surface area contributed by atoms with Gasteiger partial charge in [-0.2, -0.15) is 0 Å². The van der Waals surface area contributed by atoms with E-state index in [0.717, 1.165) is 18.9 Å². The van der Waals surface area contributed by atoms with Gasteiger partial charge in [-0.05, 0) is 53.7 Å². The maximum absolute atomic E-state index is 12.5. The number of aliphatic carboxylic acids is 1. The van der Waals surface area contributed by atoms with Crippen molar-refractivity contribution in [3.05, 3.63) is 39.3 Å². The summed E-state index contributed by atoms with van der Waals surface area (Å²) in [6, 6.07) is 3.03. The molecule has 128 valence electrons. The number of carbonyl (C=O) groups excluding carboxylic acids is 2. The van der Waals surface area contributed by atoms with Crippen LogP contribution in [0.15, 0.2) is 28.8 Å². The molecular formula is C16H16BrClN2O4. The summed E-state index contributed by atoms with van der Waals surface area (Å²) in [7, 11) is 0. The van der Waals surface area contributed by atoms with Crippen LogP contribution < -0.4 is 10.6 Å². The summed E-state index contributed by atoms with van der Waals surface area (Å²) in [4.78, 5) is 34.8. The van der Waals surface area contributed by atoms with Gasteiger partial charge < -0.3 is 15.7 Å². The van der Waals surface area contributed by atoms with Crippen LogP contribution in [0.2, 0.25) is 5.02 Å². The molecule has 1 unspecified atom stereocenters.